The van der Waals surface area contributed by atoms with Gasteiger partial charge < -0.3 is 19.2 Å². The molecular weight excluding hydrogens is 368 g/mol. The minimum Gasteiger partial charge on any atom is -0.465 e. The molecule has 0 saturated heterocycles. The molecular formula is C15H14N2O8S. The van der Waals surface area contributed by atoms with Crippen molar-refractivity contribution in [3.63, 3.8) is 0 Å². The molecule has 0 bridgehead atoms. The predicted molar refractivity (Wildman–Crippen MR) is 89.4 cm³/mol. The number of nitrogens with zero attached hydrogens (tertiary/aromatic N) is 1. The first-order valence-electron chi connectivity index (χ1n) is 7.14. The van der Waals surface area contributed by atoms with Gasteiger partial charge in [-0.25, -0.2) is 9.59 Å². The number of furan rings is 1. The van der Waals surface area contributed by atoms with Crippen LogP contribution in [0.3, 0.4) is 0 Å². The van der Waals surface area contributed by atoms with Crippen molar-refractivity contribution in [1.82, 2.24) is 0 Å². The van der Waals surface area contributed by atoms with Crippen LogP contribution in [0, 0.1) is 24.0 Å². The highest BCUT2D eigenvalue weighted by atomic mass is 32.1. The minimum absolute atomic E-state index is 0.233. The lowest BCUT2D eigenvalue weighted by Gasteiger charge is -2.06. The van der Waals surface area contributed by atoms with Crippen LogP contribution in [-0.2, 0) is 14.3 Å². The average Bonchev–Trinajstić information content (AvgIpc) is 3.18. The molecule has 0 radical (unpaired) electrons. The lowest BCUT2D eigenvalue weighted by Crippen LogP contribution is -2.21. The topological polar surface area (TPSA) is 138 Å². The number of nitrogens with one attached hydrogen (secondary N) is 1. The zero-order chi connectivity index (χ0) is 19.4. The van der Waals surface area contributed by atoms with E-state index in [1.807, 2.05) is 0 Å². The van der Waals surface area contributed by atoms with Crippen LogP contribution in [0.2, 0.25) is 0 Å². The largest absolute Gasteiger partial charge is 0.465 e. The number of methoxy groups -OCH3 is 1. The third-order valence-electron chi connectivity index (χ3n) is 3.34. The predicted octanol–water partition coefficient (Wildman–Crippen LogP) is 2.45. The molecule has 0 aromatic carbocycles. The van der Waals surface area contributed by atoms with Gasteiger partial charge >= 0.3 is 17.8 Å². The standard InChI is InChI=1S/C15H14N2O8S/c1-7-8(2)26-13(12(7)15(20)23-3)16-10(18)6-24-14(19)9-4-5-11(25-9)17(21)22/h4-5H,6H2,1-3H3,(H,16,18). The second-order valence-corrected chi connectivity index (χ2v) is 6.22. The summed E-state index contributed by atoms with van der Waals surface area (Å²) in [7, 11) is 1.23. The molecule has 11 heteroatoms. The van der Waals surface area contributed by atoms with Crippen LogP contribution < -0.4 is 5.32 Å². The molecule has 0 fully saturated rings. The molecule has 2 rings (SSSR count). The molecule has 2 aromatic heterocycles. The van der Waals surface area contributed by atoms with Crippen molar-refractivity contribution >= 4 is 40.1 Å². The number of aryl methyl sites for hydroxylation is 1. The van der Waals surface area contributed by atoms with Crippen molar-refractivity contribution < 1.29 is 33.2 Å². The summed E-state index contributed by atoms with van der Waals surface area (Å²) in [6.45, 7) is 2.84. The monoisotopic (exact) mass is 382 g/mol. The number of esters is 2. The van der Waals surface area contributed by atoms with Gasteiger partial charge in [-0.15, -0.1) is 11.3 Å². The van der Waals surface area contributed by atoms with E-state index in [4.69, 9.17) is 9.47 Å². The first-order chi connectivity index (χ1) is 12.2. The Morgan fingerprint density at radius 1 is 1.27 bits per heavy atom. The third kappa shape index (κ3) is 4.06. The van der Waals surface area contributed by atoms with Crippen molar-refractivity contribution in [1.29, 1.82) is 0 Å². The van der Waals surface area contributed by atoms with Gasteiger partial charge in [-0.05, 0) is 25.5 Å². The van der Waals surface area contributed by atoms with E-state index >= 15 is 0 Å². The van der Waals surface area contributed by atoms with Crippen molar-refractivity contribution in [2.45, 2.75) is 13.8 Å². The Hall–Kier alpha value is -3.21. The molecule has 1 N–H and O–H groups in total. The second kappa shape index (κ2) is 7.78. The number of carbonyl (C=O) groups is 3. The molecule has 0 atom stereocenters. The van der Waals surface area contributed by atoms with E-state index in [2.05, 4.69) is 9.73 Å². The minimum atomic E-state index is -1.03. The fraction of sp³-hybridized carbons (Fsp3) is 0.267. The van der Waals surface area contributed by atoms with Gasteiger partial charge in [-0.3, -0.25) is 14.9 Å². The SMILES string of the molecule is COC(=O)c1c(NC(=O)COC(=O)c2ccc([N+](=O)[O-])o2)sc(C)c1C. The zero-order valence-electron chi connectivity index (χ0n) is 14.0. The van der Waals surface area contributed by atoms with Crippen molar-refractivity contribution in [2.75, 3.05) is 19.0 Å². The molecule has 0 spiro atoms. The quantitative estimate of drug-likeness (QED) is 0.457. The third-order valence-corrected chi connectivity index (χ3v) is 4.46. The van der Waals surface area contributed by atoms with E-state index in [9.17, 15) is 24.5 Å². The summed E-state index contributed by atoms with van der Waals surface area (Å²) in [5.41, 5.74) is 0.911. The van der Waals surface area contributed by atoms with E-state index in [1.54, 1.807) is 13.8 Å². The fourth-order valence-corrected chi connectivity index (χ4v) is 3.03. The van der Waals surface area contributed by atoms with Crippen molar-refractivity contribution in [2.24, 2.45) is 0 Å². The maximum Gasteiger partial charge on any atom is 0.433 e. The van der Waals surface area contributed by atoms with Gasteiger partial charge in [0.1, 0.15) is 9.92 Å². The molecule has 26 heavy (non-hydrogen) atoms. The van der Waals surface area contributed by atoms with E-state index < -0.39 is 41.0 Å². The summed E-state index contributed by atoms with van der Waals surface area (Å²) < 4.78 is 14.1. The summed E-state index contributed by atoms with van der Waals surface area (Å²) in [5.74, 6) is -3.33. The molecule has 2 heterocycles. The van der Waals surface area contributed by atoms with Crippen LogP contribution in [0.15, 0.2) is 16.5 Å². The zero-order valence-corrected chi connectivity index (χ0v) is 14.8. The van der Waals surface area contributed by atoms with Gasteiger partial charge in [-0.1, -0.05) is 0 Å². The Morgan fingerprint density at radius 2 is 1.96 bits per heavy atom. The van der Waals surface area contributed by atoms with Crippen LogP contribution in [0.25, 0.3) is 0 Å². The lowest BCUT2D eigenvalue weighted by atomic mass is 10.1. The van der Waals surface area contributed by atoms with Gasteiger partial charge in [0.2, 0.25) is 5.76 Å². The number of amides is 1. The fourth-order valence-electron chi connectivity index (χ4n) is 1.96. The molecule has 2 aromatic rings. The van der Waals surface area contributed by atoms with E-state index in [-0.39, 0.29) is 10.6 Å². The summed E-state index contributed by atoms with van der Waals surface area (Å²) >= 11 is 1.18. The van der Waals surface area contributed by atoms with E-state index in [0.717, 1.165) is 17.0 Å². The van der Waals surface area contributed by atoms with Crippen molar-refractivity contribution in [3.05, 3.63) is 44.0 Å². The van der Waals surface area contributed by atoms with Crippen molar-refractivity contribution in [3.8, 4) is 0 Å². The Kier molecular flexibility index (Phi) is 5.72. The number of anilines is 1. The molecule has 0 saturated carbocycles. The van der Waals surface area contributed by atoms with Crippen LogP contribution in [0.1, 0.15) is 31.4 Å². The summed E-state index contributed by atoms with van der Waals surface area (Å²) in [5, 5.41) is 13.3. The normalized spacial score (nSPS) is 10.3. The number of thiophene rings is 1. The molecule has 0 aliphatic carbocycles. The maximum atomic E-state index is 12.0. The highest BCUT2D eigenvalue weighted by Crippen LogP contribution is 2.32. The highest BCUT2D eigenvalue weighted by Gasteiger charge is 2.23. The smallest absolute Gasteiger partial charge is 0.433 e. The van der Waals surface area contributed by atoms with Gasteiger partial charge in [0.15, 0.2) is 6.61 Å². The van der Waals surface area contributed by atoms with Gasteiger partial charge in [-0.2, -0.15) is 0 Å². The summed E-state index contributed by atoms with van der Waals surface area (Å²) in [6.07, 6.45) is 0. The Balaban J connectivity index is 2.01. The first kappa shape index (κ1) is 19.1. The summed E-state index contributed by atoms with van der Waals surface area (Å²) in [6, 6.07) is 2.07. The molecule has 10 nitrogen and oxygen atoms in total. The van der Waals surface area contributed by atoms with Crippen LogP contribution in [-0.4, -0.2) is 36.5 Å². The van der Waals surface area contributed by atoms with E-state index in [0.29, 0.717) is 5.56 Å². The van der Waals surface area contributed by atoms with Gasteiger partial charge in [0, 0.05) is 4.88 Å². The highest BCUT2D eigenvalue weighted by molar-refractivity contribution is 7.16. The Morgan fingerprint density at radius 3 is 2.54 bits per heavy atom. The van der Waals surface area contributed by atoms with Gasteiger partial charge in [0.25, 0.3) is 5.91 Å². The lowest BCUT2D eigenvalue weighted by molar-refractivity contribution is -0.402. The van der Waals surface area contributed by atoms with Gasteiger partial charge in [0.05, 0.1) is 18.7 Å². The average molecular weight is 382 g/mol. The molecule has 0 unspecified atom stereocenters. The second-order valence-electron chi connectivity index (χ2n) is 5.00. The molecule has 0 aliphatic rings. The Labute approximate surface area is 150 Å². The molecule has 1 amide bonds. The Bertz CT molecular complexity index is 882. The molecule has 138 valence electrons. The number of carbonyl (C=O) groups excluding carboxylic acids is 3. The van der Waals surface area contributed by atoms with Crippen LogP contribution in [0.4, 0.5) is 10.9 Å². The number of hydrogen-bond acceptors (Lipinski definition) is 9. The first-order valence-corrected chi connectivity index (χ1v) is 7.95. The number of hydrogen-bond donors (Lipinski definition) is 1. The summed E-state index contributed by atoms with van der Waals surface area (Å²) in [4.78, 5) is 46.1. The maximum absolute atomic E-state index is 12.0. The number of nitro groups is 1. The van der Waals surface area contributed by atoms with E-state index in [1.165, 1.54) is 18.4 Å². The number of ether oxygens (including phenoxy) is 2. The number of rotatable bonds is 6. The van der Waals surface area contributed by atoms with Crippen LogP contribution >= 0.6 is 11.3 Å². The molecule has 0 aliphatic heterocycles. The van der Waals surface area contributed by atoms with Crippen LogP contribution in [0.5, 0.6) is 0 Å².